The third-order valence-electron chi connectivity index (χ3n) is 4.67. The molecular weight excluding hydrogens is 348 g/mol. The maximum Gasteiger partial charge on any atom is 0.326 e. The molecule has 0 spiro atoms. The molecule has 3 atom stereocenters. The fraction of sp³-hybridized carbons (Fsp3) is 0.263. The molecule has 8 heteroatoms. The van der Waals surface area contributed by atoms with Crippen LogP contribution in [0.4, 0.5) is 0 Å². The van der Waals surface area contributed by atoms with Crippen LogP contribution in [-0.4, -0.2) is 32.2 Å². The van der Waals surface area contributed by atoms with E-state index >= 15 is 0 Å². The lowest BCUT2D eigenvalue weighted by molar-refractivity contribution is -0.140. The van der Waals surface area contributed by atoms with Crippen LogP contribution in [0.5, 0.6) is 0 Å². The van der Waals surface area contributed by atoms with Crippen molar-refractivity contribution in [2.45, 2.75) is 25.2 Å². The molecule has 3 heterocycles. The van der Waals surface area contributed by atoms with Gasteiger partial charge in [0.05, 0.1) is 30.2 Å². The molecule has 1 aliphatic heterocycles. The van der Waals surface area contributed by atoms with Crippen LogP contribution < -0.4 is 10.9 Å². The van der Waals surface area contributed by atoms with Crippen molar-refractivity contribution >= 4 is 17.0 Å². The van der Waals surface area contributed by atoms with Gasteiger partial charge in [0.2, 0.25) is 0 Å². The summed E-state index contributed by atoms with van der Waals surface area (Å²) in [5.41, 5.74) is 1.76. The second kappa shape index (κ2) is 6.90. The quantitative estimate of drug-likeness (QED) is 0.725. The number of rotatable bonds is 4. The van der Waals surface area contributed by atoms with Gasteiger partial charge in [-0.3, -0.25) is 14.7 Å². The zero-order valence-electron chi connectivity index (χ0n) is 14.6. The van der Waals surface area contributed by atoms with Crippen LogP contribution in [0.3, 0.4) is 0 Å². The van der Waals surface area contributed by atoms with Crippen molar-refractivity contribution in [3.8, 4) is 0 Å². The zero-order chi connectivity index (χ0) is 19.0. The van der Waals surface area contributed by atoms with Crippen LogP contribution in [0.25, 0.3) is 11.0 Å². The van der Waals surface area contributed by atoms with E-state index in [1.807, 2.05) is 30.3 Å². The summed E-state index contributed by atoms with van der Waals surface area (Å²) in [7, 11) is 0. The van der Waals surface area contributed by atoms with Crippen LogP contribution in [0.15, 0.2) is 53.6 Å². The Bertz CT molecular complexity index is 1050. The van der Waals surface area contributed by atoms with Gasteiger partial charge in [0, 0.05) is 0 Å². The van der Waals surface area contributed by atoms with E-state index in [0.29, 0.717) is 17.8 Å². The molecule has 8 nitrogen and oxygen atoms in total. The molecule has 3 aromatic rings. The highest BCUT2D eigenvalue weighted by Crippen LogP contribution is 2.27. The molecule has 0 saturated carbocycles. The molecular formula is C19H18N4O4. The summed E-state index contributed by atoms with van der Waals surface area (Å²) in [4.78, 5) is 32.5. The normalized spacial score (nSPS) is 20.6. The molecule has 0 radical (unpaired) electrons. The lowest BCUT2D eigenvalue weighted by Gasteiger charge is -2.13. The first kappa shape index (κ1) is 17.3. The van der Waals surface area contributed by atoms with E-state index in [4.69, 9.17) is 9.84 Å². The van der Waals surface area contributed by atoms with E-state index in [1.54, 1.807) is 12.1 Å². The van der Waals surface area contributed by atoms with Gasteiger partial charge >= 0.3 is 5.97 Å². The topological polar surface area (TPSA) is 106 Å². The van der Waals surface area contributed by atoms with Gasteiger partial charge in [-0.05, 0) is 24.6 Å². The number of benzene rings is 1. The second-order valence-electron chi connectivity index (χ2n) is 6.42. The van der Waals surface area contributed by atoms with E-state index in [2.05, 4.69) is 15.3 Å². The van der Waals surface area contributed by atoms with Gasteiger partial charge in [0.15, 0.2) is 5.52 Å². The molecule has 4 rings (SSSR count). The fourth-order valence-corrected chi connectivity index (χ4v) is 3.08. The molecule has 1 saturated heterocycles. The van der Waals surface area contributed by atoms with Crippen LogP contribution in [0, 0.1) is 0 Å². The van der Waals surface area contributed by atoms with Crippen molar-refractivity contribution in [3.63, 3.8) is 0 Å². The predicted octanol–water partition coefficient (Wildman–Crippen LogP) is 1.80. The summed E-state index contributed by atoms with van der Waals surface area (Å²) in [6, 6.07) is 12.1. The molecule has 3 unspecified atom stereocenters. The summed E-state index contributed by atoms with van der Waals surface area (Å²) < 4.78 is 6.89. The number of nitrogens with one attached hydrogen (secondary N) is 1. The first-order valence-corrected chi connectivity index (χ1v) is 8.58. The minimum atomic E-state index is -1.11. The lowest BCUT2D eigenvalue weighted by Crippen LogP contribution is -2.29. The van der Waals surface area contributed by atoms with Gasteiger partial charge in [-0.15, -0.1) is 0 Å². The van der Waals surface area contributed by atoms with Gasteiger partial charge in [-0.25, -0.2) is 14.8 Å². The van der Waals surface area contributed by atoms with Crippen molar-refractivity contribution in [2.75, 3.05) is 6.61 Å². The first-order chi connectivity index (χ1) is 13.0. The number of ether oxygens (including phenoxy) is 1. The van der Waals surface area contributed by atoms with Crippen LogP contribution >= 0.6 is 0 Å². The smallest absolute Gasteiger partial charge is 0.326 e. The molecule has 1 aromatic carbocycles. The van der Waals surface area contributed by atoms with Gasteiger partial charge in [0.25, 0.3) is 5.56 Å². The van der Waals surface area contributed by atoms with E-state index in [1.165, 1.54) is 13.3 Å². The minimum Gasteiger partial charge on any atom is -0.480 e. The van der Waals surface area contributed by atoms with Crippen LogP contribution in [0.2, 0.25) is 0 Å². The van der Waals surface area contributed by atoms with Crippen molar-refractivity contribution in [3.05, 3.63) is 70.4 Å². The Hall–Kier alpha value is -3.10. The van der Waals surface area contributed by atoms with Crippen LogP contribution in [-0.2, 0) is 9.53 Å². The third-order valence-corrected chi connectivity index (χ3v) is 4.67. The monoisotopic (exact) mass is 366 g/mol. The van der Waals surface area contributed by atoms with Crippen molar-refractivity contribution < 1.29 is 14.6 Å². The van der Waals surface area contributed by atoms with E-state index in [0.717, 1.165) is 10.1 Å². The van der Waals surface area contributed by atoms with E-state index < -0.39 is 17.6 Å². The van der Waals surface area contributed by atoms with Crippen molar-refractivity contribution in [2.24, 2.45) is 0 Å². The first-order valence-electron chi connectivity index (χ1n) is 8.58. The number of carbonyl (C=O) groups is 1. The maximum atomic E-state index is 12.7. The largest absolute Gasteiger partial charge is 0.480 e. The highest BCUT2D eigenvalue weighted by Gasteiger charge is 2.28. The summed E-state index contributed by atoms with van der Waals surface area (Å²) in [6.45, 7) is 1.84. The Morgan fingerprint density at radius 3 is 2.81 bits per heavy atom. The summed E-state index contributed by atoms with van der Waals surface area (Å²) in [6.07, 6.45) is 0.999. The molecule has 0 aliphatic carbocycles. The fourth-order valence-electron chi connectivity index (χ4n) is 3.08. The van der Waals surface area contributed by atoms with Gasteiger partial charge in [-0.1, -0.05) is 30.3 Å². The van der Waals surface area contributed by atoms with Crippen LogP contribution in [0.1, 0.15) is 36.5 Å². The Balaban J connectivity index is 1.66. The molecule has 2 N–H and O–H groups in total. The molecule has 1 fully saturated rings. The number of carboxylic acid groups (broad SMARTS) is 1. The summed E-state index contributed by atoms with van der Waals surface area (Å²) >= 11 is 0. The highest BCUT2D eigenvalue weighted by molar-refractivity contribution is 5.75. The number of carboxylic acids is 1. The SMILES string of the molecule is CC(C(=O)O)n1cnc2ccc(C3COC(c4ccccc4)N3)nc2c1=O. The summed E-state index contributed by atoms with van der Waals surface area (Å²) in [5.74, 6) is -1.11. The average Bonchev–Trinajstić information content (AvgIpc) is 3.18. The Morgan fingerprint density at radius 2 is 2.07 bits per heavy atom. The van der Waals surface area contributed by atoms with E-state index in [9.17, 15) is 9.59 Å². The molecule has 1 aliphatic rings. The number of hydrogen-bond donors (Lipinski definition) is 2. The summed E-state index contributed by atoms with van der Waals surface area (Å²) in [5, 5.41) is 12.5. The average molecular weight is 366 g/mol. The molecule has 0 bridgehead atoms. The number of aromatic nitrogens is 3. The minimum absolute atomic E-state index is 0.146. The maximum absolute atomic E-state index is 12.7. The molecule has 27 heavy (non-hydrogen) atoms. The van der Waals surface area contributed by atoms with Crippen molar-refractivity contribution in [1.29, 1.82) is 0 Å². The predicted molar refractivity (Wildman–Crippen MR) is 97.2 cm³/mol. The molecule has 0 amide bonds. The third kappa shape index (κ3) is 3.20. The number of fused-ring (bicyclic) bond motifs is 1. The standard InChI is InChI=1S/C19H18N4O4/c1-11(19(25)26)23-10-20-14-8-7-13(21-16(14)18(23)24)15-9-27-17(22-15)12-5-3-2-4-6-12/h2-8,10-11,15,17,22H,9H2,1H3,(H,25,26). The Labute approximate surface area is 154 Å². The van der Waals surface area contributed by atoms with Gasteiger partial charge in [0.1, 0.15) is 12.3 Å². The van der Waals surface area contributed by atoms with Gasteiger partial charge < -0.3 is 9.84 Å². The van der Waals surface area contributed by atoms with E-state index in [-0.39, 0.29) is 17.8 Å². The second-order valence-corrected chi connectivity index (χ2v) is 6.42. The highest BCUT2D eigenvalue weighted by atomic mass is 16.5. The number of pyridine rings is 1. The molecule has 2 aromatic heterocycles. The lowest BCUT2D eigenvalue weighted by atomic mass is 10.1. The molecule has 138 valence electrons. The van der Waals surface area contributed by atoms with Crippen molar-refractivity contribution in [1.82, 2.24) is 19.9 Å². The van der Waals surface area contributed by atoms with Gasteiger partial charge in [-0.2, -0.15) is 0 Å². The zero-order valence-corrected chi connectivity index (χ0v) is 14.6. The Kier molecular flexibility index (Phi) is 4.43. The number of hydrogen-bond acceptors (Lipinski definition) is 6. The number of aliphatic carboxylic acids is 1. The Morgan fingerprint density at radius 1 is 1.30 bits per heavy atom. The number of nitrogens with zero attached hydrogens (tertiary/aromatic N) is 3.